The van der Waals surface area contributed by atoms with Crippen molar-refractivity contribution in [1.82, 2.24) is 10.2 Å². The van der Waals surface area contributed by atoms with Crippen LogP contribution in [0.2, 0.25) is 0 Å². The number of aryl methyl sites for hydroxylation is 2. The van der Waals surface area contributed by atoms with Gasteiger partial charge in [-0.3, -0.25) is 4.90 Å². The van der Waals surface area contributed by atoms with E-state index in [0.717, 1.165) is 25.4 Å². The highest BCUT2D eigenvalue weighted by molar-refractivity contribution is 5.44. The number of hydrogen-bond donors (Lipinski definition) is 1. The Hall–Kier alpha value is -1.06. The van der Waals surface area contributed by atoms with Crippen LogP contribution in [0.5, 0.6) is 5.75 Å². The van der Waals surface area contributed by atoms with E-state index in [4.69, 9.17) is 4.74 Å². The molecule has 0 spiro atoms. The number of hydrogen-bond acceptors (Lipinski definition) is 3. The number of nitrogens with one attached hydrogen (secondary N) is 1. The Morgan fingerprint density at radius 2 is 1.94 bits per heavy atom. The first kappa shape index (κ1) is 12.4. The van der Waals surface area contributed by atoms with Gasteiger partial charge in [0, 0.05) is 25.7 Å². The van der Waals surface area contributed by atoms with Crippen LogP contribution in [-0.4, -0.2) is 38.7 Å². The van der Waals surface area contributed by atoms with E-state index in [2.05, 4.69) is 43.2 Å². The maximum absolute atomic E-state index is 5.42. The number of methoxy groups -OCH3 is 1. The molecule has 1 aliphatic heterocycles. The molecule has 1 saturated heterocycles. The number of nitrogens with zero attached hydrogens (tertiary/aromatic N) is 1. The van der Waals surface area contributed by atoms with Gasteiger partial charge >= 0.3 is 0 Å². The van der Waals surface area contributed by atoms with Gasteiger partial charge < -0.3 is 10.1 Å². The number of benzene rings is 1. The zero-order valence-electron chi connectivity index (χ0n) is 11.2. The monoisotopic (exact) mass is 234 g/mol. The summed E-state index contributed by atoms with van der Waals surface area (Å²) in [5.74, 6) is 1.01. The average Bonchev–Trinajstić information content (AvgIpc) is 2.29. The van der Waals surface area contributed by atoms with Gasteiger partial charge in [-0.2, -0.15) is 0 Å². The van der Waals surface area contributed by atoms with Crippen LogP contribution in [0.4, 0.5) is 0 Å². The molecule has 0 amide bonds. The van der Waals surface area contributed by atoms with Crippen molar-refractivity contribution in [3.63, 3.8) is 0 Å². The van der Waals surface area contributed by atoms with E-state index in [-0.39, 0.29) is 0 Å². The topological polar surface area (TPSA) is 24.5 Å². The molecule has 1 aromatic carbocycles. The average molecular weight is 234 g/mol. The van der Waals surface area contributed by atoms with Crippen molar-refractivity contribution in [1.29, 1.82) is 0 Å². The normalized spacial score (nSPS) is 21.5. The van der Waals surface area contributed by atoms with Gasteiger partial charge in [0.2, 0.25) is 0 Å². The molecule has 2 rings (SSSR count). The van der Waals surface area contributed by atoms with Crippen molar-refractivity contribution in [3.05, 3.63) is 28.8 Å². The first-order valence-electron chi connectivity index (χ1n) is 6.19. The Morgan fingerprint density at radius 3 is 2.47 bits per heavy atom. The minimum Gasteiger partial charge on any atom is -0.496 e. The molecular formula is C14H22N2O. The molecule has 1 N–H and O–H groups in total. The fourth-order valence-electron chi connectivity index (χ4n) is 2.68. The molecule has 0 saturated carbocycles. The summed E-state index contributed by atoms with van der Waals surface area (Å²) >= 11 is 0. The number of rotatable bonds is 2. The Labute approximate surface area is 104 Å². The minimum atomic E-state index is 0.479. The Balaban J connectivity index is 2.32. The van der Waals surface area contributed by atoms with Crippen LogP contribution < -0.4 is 10.1 Å². The molecule has 1 fully saturated rings. The van der Waals surface area contributed by atoms with E-state index in [1.54, 1.807) is 7.11 Å². The summed E-state index contributed by atoms with van der Waals surface area (Å²) in [5.41, 5.74) is 3.83. The number of ether oxygens (including phenoxy) is 1. The molecule has 94 valence electrons. The smallest absolute Gasteiger partial charge is 0.124 e. The van der Waals surface area contributed by atoms with Crippen molar-refractivity contribution in [2.45, 2.75) is 19.9 Å². The molecule has 1 heterocycles. The molecule has 17 heavy (non-hydrogen) atoms. The lowest BCUT2D eigenvalue weighted by atomic mass is 9.98. The summed E-state index contributed by atoms with van der Waals surface area (Å²) in [7, 11) is 3.93. The van der Waals surface area contributed by atoms with E-state index < -0.39 is 0 Å². The fraction of sp³-hybridized carbons (Fsp3) is 0.571. The van der Waals surface area contributed by atoms with Gasteiger partial charge in [0.1, 0.15) is 5.75 Å². The second-order valence-corrected chi connectivity index (χ2v) is 4.89. The van der Waals surface area contributed by atoms with Gasteiger partial charge in [0.15, 0.2) is 0 Å². The molecule has 3 heteroatoms. The number of likely N-dealkylation sites (N-methyl/N-ethyl adjacent to an activating group) is 1. The first-order chi connectivity index (χ1) is 8.13. The molecule has 0 aromatic heterocycles. The molecule has 1 unspecified atom stereocenters. The largest absolute Gasteiger partial charge is 0.496 e. The quantitative estimate of drug-likeness (QED) is 0.845. The zero-order valence-corrected chi connectivity index (χ0v) is 11.2. The van der Waals surface area contributed by atoms with Crippen LogP contribution in [-0.2, 0) is 0 Å². The van der Waals surface area contributed by atoms with E-state index in [1.165, 1.54) is 16.7 Å². The third-order valence-electron chi connectivity index (χ3n) is 3.58. The second kappa shape index (κ2) is 5.07. The van der Waals surface area contributed by atoms with Crippen LogP contribution >= 0.6 is 0 Å². The summed E-state index contributed by atoms with van der Waals surface area (Å²) < 4.78 is 5.42. The predicted octanol–water partition coefficient (Wildman–Crippen LogP) is 1.89. The molecule has 1 aliphatic rings. The summed E-state index contributed by atoms with van der Waals surface area (Å²) in [5, 5.41) is 3.46. The molecule has 0 radical (unpaired) electrons. The van der Waals surface area contributed by atoms with Gasteiger partial charge in [-0.05, 0) is 37.6 Å². The van der Waals surface area contributed by atoms with Gasteiger partial charge in [-0.25, -0.2) is 0 Å². The van der Waals surface area contributed by atoms with E-state index in [1.807, 2.05) is 0 Å². The summed E-state index contributed by atoms with van der Waals surface area (Å²) in [6, 6.07) is 4.98. The van der Waals surface area contributed by atoms with Crippen molar-refractivity contribution >= 4 is 0 Å². The van der Waals surface area contributed by atoms with Gasteiger partial charge in [0.05, 0.1) is 7.11 Å². The molecule has 3 nitrogen and oxygen atoms in total. The van der Waals surface area contributed by atoms with Crippen LogP contribution in [0.15, 0.2) is 12.1 Å². The molecule has 0 aliphatic carbocycles. The van der Waals surface area contributed by atoms with E-state index in [0.29, 0.717) is 6.04 Å². The SMILES string of the molecule is COc1c(C)cc(C2CNCCN2C)cc1C. The summed E-state index contributed by atoms with van der Waals surface area (Å²) in [6.45, 7) is 7.45. The lowest BCUT2D eigenvalue weighted by Gasteiger charge is -2.34. The van der Waals surface area contributed by atoms with Crippen LogP contribution in [0.25, 0.3) is 0 Å². The van der Waals surface area contributed by atoms with E-state index in [9.17, 15) is 0 Å². The van der Waals surface area contributed by atoms with E-state index >= 15 is 0 Å². The molecule has 0 bridgehead atoms. The third kappa shape index (κ3) is 2.45. The maximum atomic E-state index is 5.42. The van der Waals surface area contributed by atoms with Gasteiger partial charge in [-0.1, -0.05) is 12.1 Å². The summed E-state index contributed by atoms with van der Waals surface area (Å²) in [6.07, 6.45) is 0. The molecular weight excluding hydrogens is 212 g/mol. The zero-order chi connectivity index (χ0) is 12.4. The summed E-state index contributed by atoms with van der Waals surface area (Å²) in [4.78, 5) is 2.41. The highest BCUT2D eigenvalue weighted by Crippen LogP contribution is 2.29. The first-order valence-corrected chi connectivity index (χ1v) is 6.19. The lowest BCUT2D eigenvalue weighted by molar-refractivity contribution is 0.202. The van der Waals surface area contributed by atoms with Crippen molar-refractivity contribution in [2.24, 2.45) is 0 Å². The Bertz CT molecular complexity index is 380. The molecule has 1 aromatic rings. The van der Waals surface area contributed by atoms with Crippen LogP contribution in [0.1, 0.15) is 22.7 Å². The fourth-order valence-corrected chi connectivity index (χ4v) is 2.68. The predicted molar refractivity (Wildman–Crippen MR) is 70.7 cm³/mol. The van der Waals surface area contributed by atoms with Crippen LogP contribution in [0, 0.1) is 13.8 Å². The van der Waals surface area contributed by atoms with Gasteiger partial charge in [0.25, 0.3) is 0 Å². The maximum Gasteiger partial charge on any atom is 0.124 e. The van der Waals surface area contributed by atoms with Gasteiger partial charge in [-0.15, -0.1) is 0 Å². The third-order valence-corrected chi connectivity index (χ3v) is 3.58. The highest BCUT2D eigenvalue weighted by Gasteiger charge is 2.21. The Morgan fingerprint density at radius 1 is 1.29 bits per heavy atom. The lowest BCUT2D eigenvalue weighted by Crippen LogP contribution is -2.43. The molecule has 1 atom stereocenters. The number of piperazine rings is 1. The van der Waals surface area contributed by atoms with Crippen molar-refractivity contribution in [3.8, 4) is 5.75 Å². The van der Waals surface area contributed by atoms with Crippen molar-refractivity contribution in [2.75, 3.05) is 33.8 Å². The second-order valence-electron chi connectivity index (χ2n) is 4.89. The van der Waals surface area contributed by atoms with Crippen LogP contribution in [0.3, 0.4) is 0 Å². The highest BCUT2D eigenvalue weighted by atomic mass is 16.5. The Kier molecular flexibility index (Phi) is 3.69. The standard InChI is InChI=1S/C14H22N2O/c1-10-7-12(8-11(2)14(10)17-4)13-9-15-5-6-16(13)3/h7-8,13,15H,5-6,9H2,1-4H3. The van der Waals surface area contributed by atoms with Crippen molar-refractivity contribution < 1.29 is 4.74 Å². The minimum absolute atomic E-state index is 0.479.